The van der Waals surface area contributed by atoms with E-state index >= 15 is 0 Å². The normalized spacial score (nSPS) is 39.0. The predicted octanol–water partition coefficient (Wildman–Crippen LogP) is 1.31. The number of aliphatic imine (C=N–C) groups is 1. The van der Waals surface area contributed by atoms with Crippen LogP contribution in [0.15, 0.2) is 4.99 Å². The minimum absolute atomic E-state index is 0.0271. The number of aliphatic hydroxyl groups is 1. The third-order valence-electron chi connectivity index (χ3n) is 3.89. The molecule has 0 saturated heterocycles. The quantitative estimate of drug-likeness (QED) is 0.764. The SMILES string of the molecule is CCCC1=N[C@@H]2[C@H](C=O)[C@H](C=O)[C@H](CO)C[C@@H]2S1. The van der Waals surface area contributed by atoms with Gasteiger partial charge >= 0.3 is 0 Å². The molecule has 1 fully saturated rings. The molecule has 0 aromatic rings. The third-order valence-corrected chi connectivity index (χ3v) is 5.25. The van der Waals surface area contributed by atoms with E-state index in [0.29, 0.717) is 0 Å². The zero-order chi connectivity index (χ0) is 13.1. The summed E-state index contributed by atoms with van der Waals surface area (Å²) in [5.74, 6) is -0.832. The van der Waals surface area contributed by atoms with E-state index < -0.39 is 0 Å². The first kappa shape index (κ1) is 13.7. The molecule has 1 aliphatic heterocycles. The second kappa shape index (κ2) is 5.97. The van der Waals surface area contributed by atoms with Crippen LogP contribution in [0.4, 0.5) is 0 Å². The summed E-state index contributed by atoms with van der Waals surface area (Å²) < 4.78 is 0. The number of fused-ring (bicyclic) bond motifs is 1. The molecule has 1 heterocycles. The van der Waals surface area contributed by atoms with Gasteiger partial charge in [0.25, 0.3) is 0 Å². The van der Waals surface area contributed by atoms with Gasteiger partial charge in [-0.25, -0.2) is 0 Å². The van der Waals surface area contributed by atoms with Crippen molar-refractivity contribution in [3.63, 3.8) is 0 Å². The molecule has 18 heavy (non-hydrogen) atoms. The average molecular weight is 269 g/mol. The fourth-order valence-corrected chi connectivity index (χ4v) is 4.53. The standard InChI is InChI=1S/C13H19NO3S/c1-2-3-12-14-13-10(7-17)9(6-16)8(5-15)4-11(13)18-12/h6-11,13,15H,2-5H2,1H3/t8-,9+,10+,11-,13+/m0/s1. The van der Waals surface area contributed by atoms with Crippen molar-refractivity contribution in [1.29, 1.82) is 0 Å². The van der Waals surface area contributed by atoms with E-state index in [1.54, 1.807) is 11.8 Å². The van der Waals surface area contributed by atoms with Crippen molar-refractivity contribution >= 4 is 29.4 Å². The van der Waals surface area contributed by atoms with Gasteiger partial charge in [0.1, 0.15) is 12.6 Å². The Morgan fingerprint density at radius 1 is 1.39 bits per heavy atom. The Labute approximate surface area is 111 Å². The van der Waals surface area contributed by atoms with Gasteiger partial charge in [-0.05, 0) is 18.8 Å². The summed E-state index contributed by atoms with van der Waals surface area (Å²) in [7, 11) is 0. The number of carbonyl (C=O) groups is 2. The Kier molecular flexibility index (Phi) is 4.56. The molecular weight excluding hydrogens is 250 g/mol. The minimum atomic E-state index is -0.376. The second-order valence-electron chi connectivity index (χ2n) is 5.02. The molecule has 5 heteroatoms. The smallest absolute Gasteiger partial charge is 0.125 e. The summed E-state index contributed by atoms with van der Waals surface area (Å²) in [5.41, 5.74) is 0. The molecule has 1 saturated carbocycles. The minimum Gasteiger partial charge on any atom is -0.396 e. The molecule has 2 rings (SSSR count). The highest BCUT2D eigenvalue weighted by molar-refractivity contribution is 8.14. The highest BCUT2D eigenvalue weighted by atomic mass is 32.2. The highest BCUT2D eigenvalue weighted by Gasteiger charge is 2.47. The van der Waals surface area contributed by atoms with Gasteiger partial charge in [-0.2, -0.15) is 0 Å². The average Bonchev–Trinajstić information content (AvgIpc) is 2.78. The molecule has 5 atom stereocenters. The lowest BCUT2D eigenvalue weighted by atomic mass is 9.71. The van der Waals surface area contributed by atoms with Gasteiger partial charge in [0.15, 0.2) is 0 Å². The highest BCUT2D eigenvalue weighted by Crippen LogP contribution is 2.44. The zero-order valence-electron chi connectivity index (χ0n) is 10.5. The number of aldehydes is 2. The van der Waals surface area contributed by atoms with Crippen molar-refractivity contribution in [2.45, 2.75) is 37.5 Å². The zero-order valence-corrected chi connectivity index (χ0v) is 11.3. The maximum atomic E-state index is 11.3. The van der Waals surface area contributed by atoms with Gasteiger partial charge in [0, 0.05) is 23.7 Å². The molecule has 0 spiro atoms. The summed E-state index contributed by atoms with van der Waals surface area (Å²) in [6, 6.07) is -0.0629. The molecule has 0 aromatic carbocycles. The van der Waals surface area contributed by atoms with Crippen LogP contribution in [0.25, 0.3) is 0 Å². The lowest BCUT2D eigenvalue weighted by molar-refractivity contribution is -0.124. The van der Waals surface area contributed by atoms with E-state index in [0.717, 1.165) is 36.9 Å². The van der Waals surface area contributed by atoms with E-state index in [1.807, 2.05) is 0 Å². The summed E-state index contributed by atoms with van der Waals surface area (Å²) in [4.78, 5) is 27.1. The number of thioether (sulfide) groups is 1. The predicted molar refractivity (Wildman–Crippen MR) is 71.8 cm³/mol. The van der Waals surface area contributed by atoms with Gasteiger partial charge in [-0.15, -0.1) is 11.8 Å². The number of aliphatic hydroxyl groups excluding tert-OH is 1. The number of nitrogens with zero attached hydrogens (tertiary/aromatic N) is 1. The van der Waals surface area contributed by atoms with Crippen LogP contribution in [0, 0.1) is 17.8 Å². The van der Waals surface area contributed by atoms with Crippen LogP contribution < -0.4 is 0 Å². The fraction of sp³-hybridized carbons (Fsp3) is 0.769. The van der Waals surface area contributed by atoms with Gasteiger partial charge in [0.05, 0.1) is 11.1 Å². The van der Waals surface area contributed by atoms with Crippen LogP contribution in [0.1, 0.15) is 26.2 Å². The summed E-state index contributed by atoms with van der Waals surface area (Å²) in [6.45, 7) is 2.08. The lowest BCUT2D eigenvalue weighted by Gasteiger charge is -2.37. The van der Waals surface area contributed by atoms with E-state index in [9.17, 15) is 14.7 Å². The Balaban J connectivity index is 2.20. The topological polar surface area (TPSA) is 66.7 Å². The summed E-state index contributed by atoms with van der Waals surface area (Å²) in [5, 5.41) is 10.7. The lowest BCUT2D eigenvalue weighted by Crippen LogP contribution is -2.45. The third kappa shape index (κ3) is 2.38. The van der Waals surface area contributed by atoms with Gasteiger partial charge in [-0.1, -0.05) is 13.3 Å². The monoisotopic (exact) mass is 269 g/mol. The van der Waals surface area contributed by atoms with E-state index in [1.165, 1.54) is 0 Å². The molecule has 0 amide bonds. The first-order valence-electron chi connectivity index (χ1n) is 6.49. The van der Waals surface area contributed by atoms with E-state index in [2.05, 4.69) is 11.9 Å². The van der Waals surface area contributed by atoms with Crippen molar-refractivity contribution in [2.75, 3.05) is 6.61 Å². The molecule has 0 radical (unpaired) electrons. The first-order valence-corrected chi connectivity index (χ1v) is 7.37. The van der Waals surface area contributed by atoms with Crippen LogP contribution in [-0.4, -0.2) is 40.6 Å². The Morgan fingerprint density at radius 3 is 2.67 bits per heavy atom. The molecule has 0 bridgehead atoms. The Morgan fingerprint density at radius 2 is 2.11 bits per heavy atom. The number of hydrogen-bond acceptors (Lipinski definition) is 5. The van der Waals surface area contributed by atoms with Gasteiger partial charge < -0.3 is 14.7 Å². The van der Waals surface area contributed by atoms with Crippen molar-refractivity contribution in [3.8, 4) is 0 Å². The molecule has 4 nitrogen and oxygen atoms in total. The van der Waals surface area contributed by atoms with E-state index in [-0.39, 0.29) is 35.7 Å². The number of hydrogen-bond donors (Lipinski definition) is 1. The van der Waals surface area contributed by atoms with Crippen molar-refractivity contribution < 1.29 is 14.7 Å². The fourth-order valence-electron chi connectivity index (χ4n) is 2.95. The Hall–Kier alpha value is -0.680. The van der Waals surface area contributed by atoms with Crippen LogP contribution in [0.5, 0.6) is 0 Å². The van der Waals surface area contributed by atoms with Crippen LogP contribution >= 0.6 is 11.8 Å². The second-order valence-corrected chi connectivity index (χ2v) is 6.34. The molecule has 1 aliphatic carbocycles. The summed E-state index contributed by atoms with van der Waals surface area (Å²) >= 11 is 1.73. The van der Waals surface area contributed by atoms with Crippen LogP contribution in [-0.2, 0) is 9.59 Å². The first-order chi connectivity index (χ1) is 8.74. The number of rotatable bonds is 5. The van der Waals surface area contributed by atoms with Crippen LogP contribution in [0.3, 0.4) is 0 Å². The molecule has 100 valence electrons. The maximum Gasteiger partial charge on any atom is 0.125 e. The van der Waals surface area contributed by atoms with Gasteiger partial charge in [-0.3, -0.25) is 4.99 Å². The molecular formula is C13H19NO3S. The number of carbonyl (C=O) groups excluding carboxylic acids is 2. The van der Waals surface area contributed by atoms with Crippen molar-refractivity contribution in [3.05, 3.63) is 0 Å². The summed E-state index contributed by atoms with van der Waals surface area (Å²) in [6.07, 6.45) is 4.44. The molecule has 0 aromatic heterocycles. The largest absolute Gasteiger partial charge is 0.396 e. The van der Waals surface area contributed by atoms with Crippen molar-refractivity contribution in [1.82, 2.24) is 0 Å². The maximum absolute atomic E-state index is 11.3. The molecule has 0 unspecified atom stereocenters. The van der Waals surface area contributed by atoms with E-state index in [4.69, 9.17) is 0 Å². The van der Waals surface area contributed by atoms with Crippen molar-refractivity contribution in [2.24, 2.45) is 22.7 Å². The Bertz CT molecular complexity index is 358. The molecule has 2 aliphatic rings. The van der Waals surface area contributed by atoms with Crippen LogP contribution in [0.2, 0.25) is 0 Å². The molecule has 1 N–H and O–H groups in total. The van der Waals surface area contributed by atoms with Gasteiger partial charge in [0.2, 0.25) is 0 Å².